The fourth-order valence-electron chi connectivity index (χ4n) is 3.39. The van der Waals surface area contributed by atoms with Crippen LogP contribution in [-0.2, 0) is 11.3 Å². The SMILES string of the molecule is CNC(=O)C1CN(Cc2cn3ccccc3c2C#N)c2ccccc2O1. The average Bonchev–Trinajstić information content (AvgIpc) is 3.04. The van der Waals surface area contributed by atoms with E-state index in [0.29, 0.717) is 24.4 Å². The lowest BCUT2D eigenvalue weighted by molar-refractivity contribution is -0.127. The molecule has 1 unspecified atom stereocenters. The molecule has 1 N–H and O–H groups in total. The number of carbonyl (C=O) groups is 1. The Kier molecular flexibility index (Phi) is 3.98. The van der Waals surface area contributed by atoms with Crippen molar-refractivity contribution in [3.8, 4) is 11.8 Å². The molecule has 6 heteroatoms. The van der Waals surface area contributed by atoms with E-state index in [-0.39, 0.29) is 5.91 Å². The number of rotatable bonds is 3. The summed E-state index contributed by atoms with van der Waals surface area (Å²) in [6.45, 7) is 0.951. The maximum atomic E-state index is 12.1. The maximum absolute atomic E-state index is 12.1. The van der Waals surface area contributed by atoms with Crippen molar-refractivity contribution in [2.75, 3.05) is 18.5 Å². The largest absolute Gasteiger partial charge is 0.477 e. The summed E-state index contributed by atoms with van der Waals surface area (Å²) in [7, 11) is 1.60. The van der Waals surface area contributed by atoms with E-state index in [1.165, 1.54) is 0 Å². The quantitative estimate of drug-likeness (QED) is 0.790. The minimum Gasteiger partial charge on any atom is -0.477 e. The Morgan fingerprint density at radius 1 is 1.31 bits per heavy atom. The number of ether oxygens (including phenoxy) is 1. The third kappa shape index (κ3) is 2.64. The number of benzene rings is 1. The number of carbonyl (C=O) groups excluding carboxylic acids is 1. The van der Waals surface area contributed by atoms with E-state index in [4.69, 9.17) is 4.74 Å². The second-order valence-corrected chi connectivity index (χ2v) is 6.20. The number of para-hydroxylation sites is 2. The van der Waals surface area contributed by atoms with E-state index in [1.807, 2.05) is 59.3 Å². The van der Waals surface area contributed by atoms with Crippen molar-refractivity contribution in [1.82, 2.24) is 9.72 Å². The van der Waals surface area contributed by atoms with Crippen molar-refractivity contribution >= 4 is 17.1 Å². The molecule has 0 saturated carbocycles. The van der Waals surface area contributed by atoms with Gasteiger partial charge >= 0.3 is 0 Å². The van der Waals surface area contributed by atoms with Crippen molar-refractivity contribution in [3.05, 3.63) is 66.0 Å². The maximum Gasteiger partial charge on any atom is 0.262 e. The Morgan fingerprint density at radius 3 is 2.92 bits per heavy atom. The van der Waals surface area contributed by atoms with Crippen molar-refractivity contribution < 1.29 is 9.53 Å². The highest BCUT2D eigenvalue weighted by molar-refractivity contribution is 5.83. The molecule has 1 aliphatic heterocycles. The summed E-state index contributed by atoms with van der Waals surface area (Å²) in [6.07, 6.45) is 3.32. The van der Waals surface area contributed by atoms with Crippen LogP contribution in [0.15, 0.2) is 54.9 Å². The van der Waals surface area contributed by atoms with Gasteiger partial charge in [-0.25, -0.2) is 0 Å². The second kappa shape index (κ2) is 6.45. The third-order valence-corrected chi connectivity index (χ3v) is 4.64. The number of fused-ring (bicyclic) bond motifs is 2. The zero-order valence-corrected chi connectivity index (χ0v) is 14.3. The molecule has 0 aliphatic carbocycles. The molecule has 0 spiro atoms. The first-order valence-corrected chi connectivity index (χ1v) is 8.42. The summed E-state index contributed by atoms with van der Waals surface area (Å²) >= 11 is 0. The number of hydrogen-bond acceptors (Lipinski definition) is 4. The molecule has 2 aromatic heterocycles. The predicted octanol–water partition coefficient (Wildman–Crippen LogP) is 2.32. The van der Waals surface area contributed by atoms with E-state index >= 15 is 0 Å². The van der Waals surface area contributed by atoms with Gasteiger partial charge in [-0.05, 0) is 24.3 Å². The molecule has 0 bridgehead atoms. The van der Waals surface area contributed by atoms with Crippen LogP contribution in [0.1, 0.15) is 11.1 Å². The summed E-state index contributed by atoms with van der Waals surface area (Å²) in [4.78, 5) is 14.2. The van der Waals surface area contributed by atoms with Gasteiger partial charge in [-0.3, -0.25) is 4.79 Å². The lowest BCUT2D eigenvalue weighted by Crippen LogP contribution is -2.47. The number of nitrogens with one attached hydrogen (secondary N) is 1. The zero-order chi connectivity index (χ0) is 18.1. The normalized spacial score (nSPS) is 15.8. The van der Waals surface area contributed by atoms with Crippen molar-refractivity contribution in [1.29, 1.82) is 5.26 Å². The van der Waals surface area contributed by atoms with Gasteiger partial charge in [0.05, 0.1) is 23.3 Å². The third-order valence-electron chi connectivity index (χ3n) is 4.64. The zero-order valence-electron chi connectivity index (χ0n) is 14.3. The monoisotopic (exact) mass is 346 g/mol. The van der Waals surface area contributed by atoms with Gasteiger partial charge in [0.15, 0.2) is 6.10 Å². The van der Waals surface area contributed by atoms with Crippen LogP contribution in [0.3, 0.4) is 0 Å². The Labute approximate surface area is 151 Å². The van der Waals surface area contributed by atoms with Crippen LogP contribution in [-0.4, -0.2) is 30.0 Å². The van der Waals surface area contributed by atoms with Gasteiger partial charge in [-0.2, -0.15) is 5.26 Å². The standard InChI is InChI=1S/C20H18N4O2/c1-22-20(25)19-13-24(17-7-2-3-8-18(17)26-19)12-14-11-23-9-5-4-6-16(23)15(14)10-21/h2-9,11,19H,12-13H2,1H3,(H,22,25). The van der Waals surface area contributed by atoms with Gasteiger partial charge in [0, 0.05) is 31.5 Å². The average molecular weight is 346 g/mol. The van der Waals surface area contributed by atoms with E-state index in [1.54, 1.807) is 7.05 Å². The molecule has 130 valence electrons. The molecule has 1 aromatic carbocycles. The molecule has 1 amide bonds. The van der Waals surface area contributed by atoms with Crippen LogP contribution in [0.2, 0.25) is 0 Å². The van der Waals surface area contributed by atoms with Gasteiger partial charge in [0.2, 0.25) is 0 Å². The number of nitriles is 1. The fraction of sp³-hybridized carbons (Fsp3) is 0.200. The van der Waals surface area contributed by atoms with Crippen molar-refractivity contribution in [2.45, 2.75) is 12.6 Å². The summed E-state index contributed by atoms with van der Waals surface area (Å²) < 4.78 is 7.80. The number of amides is 1. The van der Waals surface area contributed by atoms with E-state index in [9.17, 15) is 10.1 Å². The van der Waals surface area contributed by atoms with Gasteiger partial charge in [-0.15, -0.1) is 0 Å². The minimum atomic E-state index is -0.586. The molecule has 3 aromatic rings. The van der Waals surface area contributed by atoms with E-state index in [2.05, 4.69) is 16.3 Å². The van der Waals surface area contributed by atoms with Crippen LogP contribution in [0.25, 0.3) is 5.52 Å². The number of pyridine rings is 1. The highest BCUT2D eigenvalue weighted by Crippen LogP contribution is 2.34. The van der Waals surface area contributed by atoms with Crippen molar-refractivity contribution in [3.63, 3.8) is 0 Å². The smallest absolute Gasteiger partial charge is 0.262 e. The van der Waals surface area contributed by atoms with Crippen LogP contribution in [0.5, 0.6) is 5.75 Å². The summed E-state index contributed by atoms with van der Waals surface area (Å²) in [5.74, 6) is 0.515. The molecule has 0 fully saturated rings. The Balaban J connectivity index is 1.73. The molecule has 1 aliphatic rings. The lowest BCUT2D eigenvalue weighted by Gasteiger charge is -2.35. The van der Waals surface area contributed by atoms with Gasteiger partial charge in [0.1, 0.15) is 11.8 Å². The molecular formula is C20H18N4O2. The first-order valence-electron chi connectivity index (χ1n) is 8.42. The predicted molar refractivity (Wildman–Crippen MR) is 98.1 cm³/mol. The molecule has 1 atom stereocenters. The molecule has 4 rings (SSSR count). The Bertz CT molecular complexity index is 1020. The van der Waals surface area contributed by atoms with Gasteiger partial charge in [0.25, 0.3) is 5.91 Å². The molecule has 26 heavy (non-hydrogen) atoms. The Hall–Kier alpha value is -3.46. The number of anilines is 1. The molecule has 0 radical (unpaired) electrons. The van der Waals surface area contributed by atoms with E-state index in [0.717, 1.165) is 16.8 Å². The first-order chi connectivity index (χ1) is 12.7. The first kappa shape index (κ1) is 16.0. The highest BCUT2D eigenvalue weighted by atomic mass is 16.5. The topological polar surface area (TPSA) is 69.8 Å². The lowest BCUT2D eigenvalue weighted by atomic mass is 10.1. The van der Waals surface area contributed by atoms with Gasteiger partial charge in [-0.1, -0.05) is 18.2 Å². The van der Waals surface area contributed by atoms with Crippen LogP contribution < -0.4 is 15.0 Å². The van der Waals surface area contributed by atoms with Crippen LogP contribution in [0, 0.1) is 11.3 Å². The molecule has 3 heterocycles. The highest BCUT2D eigenvalue weighted by Gasteiger charge is 2.30. The number of aromatic nitrogens is 1. The second-order valence-electron chi connectivity index (χ2n) is 6.20. The fourth-order valence-corrected chi connectivity index (χ4v) is 3.39. The van der Waals surface area contributed by atoms with Crippen molar-refractivity contribution in [2.24, 2.45) is 0 Å². The van der Waals surface area contributed by atoms with Crippen LogP contribution >= 0.6 is 0 Å². The minimum absolute atomic E-state index is 0.160. The van der Waals surface area contributed by atoms with Gasteiger partial charge < -0.3 is 19.4 Å². The van der Waals surface area contributed by atoms with Crippen LogP contribution in [0.4, 0.5) is 5.69 Å². The summed E-state index contributed by atoms with van der Waals surface area (Å²) in [5.41, 5.74) is 3.39. The molecular weight excluding hydrogens is 328 g/mol. The number of likely N-dealkylation sites (N-methyl/N-ethyl adjacent to an activating group) is 1. The summed E-state index contributed by atoms with van der Waals surface area (Å²) in [5, 5.41) is 12.3. The summed E-state index contributed by atoms with van der Waals surface area (Å²) in [6, 6.07) is 15.8. The number of hydrogen-bond donors (Lipinski definition) is 1. The number of nitrogens with zero attached hydrogens (tertiary/aromatic N) is 3. The van der Waals surface area contributed by atoms with E-state index < -0.39 is 6.10 Å². The molecule has 6 nitrogen and oxygen atoms in total. The Morgan fingerprint density at radius 2 is 2.12 bits per heavy atom. The molecule has 0 saturated heterocycles.